The summed E-state index contributed by atoms with van der Waals surface area (Å²) in [5, 5.41) is 7.48. The van der Waals surface area contributed by atoms with Gasteiger partial charge in [0.2, 0.25) is 0 Å². The van der Waals surface area contributed by atoms with Crippen LogP contribution in [0.4, 0.5) is 0 Å². The third-order valence-corrected chi connectivity index (χ3v) is 3.42. The molecule has 0 atom stereocenters. The predicted octanol–water partition coefficient (Wildman–Crippen LogP) is 4.07. The van der Waals surface area contributed by atoms with E-state index >= 15 is 0 Å². The Labute approximate surface area is 126 Å². The molecule has 0 fully saturated rings. The van der Waals surface area contributed by atoms with Gasteiger partial charge in [-0.1, -0.05) is 17.7 Å². The molecule has 1 aromatic heterocycles. The first-order valence-corrected chi connectivity index (χ1v) is 7.43. The number of nitrogens with one attached hydrogen (secondary N) is 1. The zero-order valence-corrected chi connectivity index (χ0v) is 13.5. The van der Waals surface area contributed by atoms with Gasteiger partial charge in [0.1, 0.15) is 0 Å². The maximum absolute atomic E-state index is 5.60. The molecule has 0 radical (unpaired) electrons. The number of benzene rings is 1. The Kier molecular flexibility index (Phi) is 5.15. The molecule has 0 saturated carbocycles. The van der Waals surface area contributed by atoms with Crippen molar-refractivity contribution in [3.8, 4) is 11.3 Å². The largest absolute Gasteiger partial charge is 0.347 e. The molecule has 0 aliphatic rings. The van der Waals surface area contributed by atoms with Gasteiger partial charge in [-0.2, -0.15) is 5.10 Å². The minimum atomic E-state index is -0.382. The zero-order valence-electron chi connectivity index (χ0n) is 13.5. The fourth-order valence-corrected chi connectivity index (χ4v) is 2.70. The highest BCUT2D eigenvalue weighted by Crippen LogP contribution is 2.29. The molecule has 0 spiro atoms. The minimum Gasteiger partial charge on any atom is -0.347 e. The summed E-state index contributed by atoms with van der Waals surface area (Å²) >= 11 is 0. The Morgan fingerprint density at radius 1 is 1.00 bits per heavy atom. The number of ether oxygens (including phenoxy) is 2. The van der Waals surface area contributed by atoms with Gasteiger partial charge in [0.15, 0.2) is 6.29 Å². The molecule has 2 rings (SSSR count). The van der Waals surface area contributed by atoms with Crippen LogP contribution in [0, 0.1) is 20.8 Å². The summed E-state index contributed by atoms with van der Waals surface area (Å²) in [6, 6.07) is 6.37. The SMILES string of the molecule is CCOC(OCC)c1cc(-c2c(C)cc(C)cc2C)n[nH]1. The van der Waals surface area contributed by atoms with Crippen molar-refractivity contribution in [1.82, 2.24) is 10.2 Å². The lowest BCUT2D eigenvalue weighted by Crippen LogP contribution is -2.09. The van der Waals surface area contributed by atoms with Crippen LogP contribution in [0.1, 0.15) is 42.5 Å². The average Bonchev–Trinajstić information content (AvgIpc) is 2.86. The van der Waals surface area contributed by atoms with Crippen LogP contribution < -0.4 is 0 Å². The van der Waals surface area contributed by atoms with E-state index in [0.717, 1.165) is 11.4 Å². The Balaban J connectivity index is 2.35. The van der Waals surface area contributed by atoms with Gasteiger partial charge in [0.25, 0.3) is 0 Å². The normalized spacial score (nSPS) is 11.3. The molecule has 0 amide bonds. The van der Waals surface area contributed by atoms with Gasteiger partial charge in [0, 0.05) is 18.8 Å². The summed E-state index contributed by atoms with van der Waals surface area (Å²) in [5.74, 6) is 0. The topological polar surface area (TPSA) is 47.1 Å². The second-order valence-electron chi connectivity index (χ2n) is 5.22. The highest BCUT2D eigenvalue weighted by Gasteiger charge is 2.17. The maximum Gasteiger partial charge on any atom is 0.200 e. The van der Waals surface area contributed by atoms with Crippen LogP contribution in [0.2, 0.25) is 0 Å². The second-order valence-corrected chi connectivity index (χ2v) is 5.22. The average molecular weight is 288 g/mol. The summed E-state index contributed by atoms with van der Waals surface area (Å²) in [6.07, 6.45) is -0.382. The predicted molar refractivity (Wildman–Crippen MR) is 84.2 cm³/mol. The molecule has 0 bridgehead atoms. The van der Waals surface area contributed by atoms with Gasteiger partial charge in [-0.3, -0.25) is 5.10 Å². The molecule has 0 aliphatic heterocycles. The van der Waals surface area contributed by atoms with Gasteiger partial charge in [-0.05, 0) is 51.8 Å². The van der Waals surface area contributed by atoms with E-state index in [1.54, 1.807) is 0 Å². The smallest absolute Gasteiger partial charge is 0.200 e. The van der Waals surface area contributed by atoms with Crippen LogP contribution in [0.5, 0.6) is 0 Å². The number of hydrogen-bond acceptors (Lipinski definition) is 3. The number of rotatable bonds is 6. The molecular formula is C17H24N2O2. The first kappa shape index (κ1) is 15.7. The number of aromatic nitrogens is 2. The monoisotopic (exact) mass is 288 g/mol. The Morgan fingerprint density at radius 2 is 1.57 bits per heavy atom. The molecule has 114 valence electrons. The van der Waals surface area contributed by atoms with Crippen molar-refractivity contribution >= 4 is 0 Å². The Hall–Kier alpha value is -1.65. The van der Waals surface area contributed by atoms with Crippen molar-refractivity contribution in [2.45, 2.75) is 40.9 Å². The van der Waals surface area contributed by atoms with E-state index < -0.39 is 0 Å². The van der Waals surface area contributed by atoms with Gasteiger partial charge in [-0.15, -0.1) is 0 Å². The summed E-state index contributed by atoms with van der Waals surface area (Å²) in [7, 11) is 0. The lowest BCUT2D eigenvalue weighted by molar-refractivity contribution is -0.142. The number of H-pyrrole nitrogens is 1. The van der Waals surface area contributed by atoms with Crippen molar-refractivity contribution in [2.75, 3.05) is 13.2 Å². The van der Waals surface area contributed by atoms with Gasteiger partial charge < -0.3 is 9.47 Å². The number of nitrogens with zero attached hydrogens (tertiary/aromatic N) is 1. The third-order valence-electron chi connectivity index (χ3n) is 3.42. The van der Waals surface area contributed by atoms with Crippen LogP contribution in [-0.4, -0.2) is 23.4 Å². The molecule has 21 heavy (non-hydrogen) atoms. The van der Waals surface area contributed by atoms with Crippen molar-refractivity contribution < 1.29 is 9.47 Å². The van der Waals surface area contributed by atoms with Crippen LogP contribution >= 0.6 is 0 Å². The number of aromatic amines is 1. The molecular weight excluding hydrogens is 264 g/mol. The first-order valence-electron chi connectivity index (χ1n) is 7.43. The lowest BCUT2D eigenvalue weighted by atomic mass is 9.97. The standard InChI is InChI=1S/C17H24N2O2/c1-6-20-17(21-7-2)15-10-14(18-19-15)16-12(4)8-11(3)9-13(16)5/h8-10,17H,6-7H2,1-5H3,(H,18,19). The van der Waals surface area contributed by atoms with E-state index in [9.17, 15) is 0 Å². The fraction of sp³-hybridized carbons (Fsp3) is 0.471. The third kappa shape index (κ3) is 3.52. The van der Waals surface area contributed by atoms with Crippen molar-refractivity contribution in [3.05, 3.63) is 40.6 Å². The van der Waals surface area contributed by atoms with Crippen molar-refractivity contribution in [3.63, 3.8) is 0 Å². The van der Waals surface area contributed by atoms with Gasteiger partial charge >= 0.3 is 0 Å². The zero-order chi connectivity index (χ0) is 15.4. The van der Waals surface area contributed by atoms with Crippen LogP contribution in [-0.2, 0) is 9.47 Å². The molecule has 0 aliphatic carbocycles. The van der Waals surface area contributed by atoms with E-state index in [0.29, 0.717) is 13.2 Å². The second kappa shape index (κ2) is 6.87. The quantitative estimate of drug-likeness (QED) is 0.815. The van der Waals surface area contributed by atoms with E-state index in [-0.39, 0.29) is 6.29 Å². The van der Waals surface area contributed by atoms with Crippen LogP contribution in [0.15, 0.2) is 18.2 Å². The molecule has 0 saturated heterocycles. The maximum atomic E-state index is 5.60. The van der Waals surface area contributed by atoms with Crippen molar-refractivity contribution in [1.29, 1.82) is 0 Å². The summed E-state index contributed by atoms with van der Waals surface area (Å²) in [4.78, 5) is 0. The Morgan fingerprint density at radius 3 is 2.10 bits per heavy atom. The molecule has 1 aromatic carbocycles. The molecule has 4 heteroatoms. The molecule has 1 N–H and O–H groups in total. The van der Waals surface area contributed by atoms with Crippen molar-refractivity contribution in [2.24, 2.45) is 0 Å². The molecule has 0 unspecified atom stereocenters. The summed E-state index contributed by atoms with van der Waals surface area (Å²) in [5.41, 5.74) is 6.70. The highest BCUT2D eigenvalue weighted by atomic mass is 16.7. The Bertz CT molecular complexity index is 576. The summed E-state index contributed by atoms with van der Waals surface area (Å²) in [6.45, 7) is 11.5. The molecule has 4 nitrogen and oxygen atoms in total. The number of aryl methyl sites for hydroxylation is 3. The fourth-order valence-electron chi connectivity index (χ4n) is 2.70. The molecule has 2 aromatic rings. The van der Waals surface area contributed by atoms with E-state index in [1.807, 2.05) is 19.9 Å². The van der Waals surface area contributed by atoms with Crippen LogP contribution in [0.3, 0.4) is 0 Å². The first-order chi connectivity index (χ1) is 10.1. The summed E-state index contributed by atoms with van der Waals surface area (Å²) < 4.78 is 11.2. The van der Waals surface area contributed by atoms with Crippen LogP contribution in [0.25, 0.3) is 11.3 Å². The highest BCUT2D eigenvalue weighted by molar-refractivity contribution is 5.68. The molecule has 1 heterocycles. The van der Waals surface area contributed by atoms with E-state index in [1.165, 1.54) is 22.3 Å². The van der Waals surface area contributed by atoms with E-state index in [2.05, 4.69) is 43.1 Å². The van der Waals surface area contributed by atoms with Gasteiger partial charge in [0.05, 0.1) is 11.4 Å². The lowest BCUT2D eigenvalue weighted by Gasteiger charge is -2.14. The van der Waals surface area contributed by atoms with E-state index in [4.69, 9.17) is 9.47 Å². The van der Waals surface area contributed by atoms with Gasteiger partial charge in [-0.25, -0.2) is 0 Å². The number of hydrogen-bond donors (Lipinski definition) is 1. The minimum absolute atomic E-state index is 0.382.